The quantitative estimate of drug-likeness (QED) is 0.897. The van der Waals surface area contributed by atoms with Crippen LogP contribution in [0.1, 0.15) is 43.8 Å². The summed E-state index contributed by atoms with van der Waals surface area (Å²) in [6.07, 6.45) is 3.58. The van der Waals surface area contributed by atoms with Crippen molar-refractivity contribution in [2.45, 2.75) is 45.1 Å². The summed E-state index contributed by atoms with van der Waals surface area (Å²) in [5.74, 6) is 1.37. The van der Waals surface area contributed by atoms with Gasteiger partial charge in [-0.3, -0.25) is 4.79 Å². The highest BCUT2D eigenvalue weighted by Crippen LogP contribution is 2.29. The van der Waals surface area contributed by atoms with E-state index in [0.29, 0.717) is 18.8 Å². The highest BCUT2D eigenvalue weighted by atomic mass is 16.4. The van der Waals surface area contributed by atoms with E-state index in [9.17, 15) is 4.79 Å². The van der Waals surface area contributed by atoms with Gasteiger partial charge in [0.15, 0.2) is 0 Å². The molecule has 0 spiro atoms. The molecule has 2 atom stereocenters. The van der Waals surface area contributed by atoms with E-state index in [1.807, 2.05) is 0 Å². The lowest BCUT2D eigenvalue weighted by molar-refractivity contribution is -0.142. The number of piperidine rings is 1. The fourth-order valence-electron chi connectivity index (χ4n) is 3.42. The number of rotatable bonds is 3. The van der Waals surface area contributed by atoms with Gasteiger partial charge in [0.25, 0.3) is 0 Å². The molecule has 1 saturated heterocycles. The number of likely N-dealkylation sites (N-methyl/N-ethyl adjacent to an activating group) is 1. The molecular formula is C14H22N4O2. The second kappa shape index (κ2) is 5.52. The van der Waals surface area contributed by atoms with Crippen LogP contribution in [0.15, 0.2) is 0 Å². The highest BCUT2D eigenvalue weighted by molar-refractivity contribution is 5.70. The number of fused-ring (bicyclic) bond motifs is 1. The van der Waals surface area contributed by atoms with E-state index in [1.165, 1.54) is 13.0 Å². The fourth-order valence-corrected chi connectivity index (χ4v) is 3.42. The van der Waals surface area contributed by atoms with Crippen molar-refractivity contribution < 1.29 is 9.90 Å². The number of carbonyl (C=O) groups is 1. The summed E-state index contributed by atoms with van der Waals surface area (Å²) in [7, 11) is 0. The van der Waals surface area contributed by atoms with Crippen molar-refractivity contribution >= 4 is 5.97 Å². The second-order valence-electron chi connectivity index (χ2n) is 5.89. The second-order valence-corrected chi connectivity index (χ2v) is 5.89. The van der Waals surface area contributed by atoms with E-state index in [-0.39, 0.29) is 5.92 Å². The Bertz CT molecular complexity index is 499. The molecule has 1 fully saturated rings. The van der Waals surface area contributed by atoms with E-state index in [4.69, 9.17) is 5.11 Å². The molecule has 0 amide bonds. The van der Waals surface area contributed by atoms with Gasteiger partial charge in [0.1, 0.15) is 11.6 Å². The number of aromatic nitrogens is 3. The Labute approximate surface area is 118 Å². The molecule has 20 heavy (non-hydrogen) atoms. The van der Waals surface area contributed by atoms with E-state index in [1.54, 1.807) is 0 Å². The lowest BCUT2D eigenvalue weighted by atomic mass is 9.95. The van der Waals surface area contributed by atoms with Gasteiger partial charge in [0.05, 0.1) is 5.92 Å². The normalized spacial score (nSPS) is 27.2. The maximum absolute atomic E-state index is 11.1. The van der Waals surface area contributed by atoms with Crippen molar-refractivity contribution in [1.82, 2.24) is 19.7 Å². The molecule has 110 valence electrons. The summed E-state index contributed by atoms with van der Waals surface area (Å²) in [4.78, 5) is 13.5. The van der Waals surface area contributed by atoms with Crippen LogP contribution < -0.4 is 0 Å². The Morgan fingerprint density at radius 3 is 2.95 bits per heavy atom. The average molecular weight is 278 g/mol. The van der Waals surface area contributed by atoms with Gasteiger partial charge >= 0.3 is 5.97 Å². The molecule has 1 aromatic rings. The summed E-state index contributed by atoms with van der Waals surface area (Å²) in [5.41, 5.74) is 0. The number of nitrogens with zero attached hydrogens (tertiary/aromatic N) is 4. The lowest BCUT2D eigenvalue weighted by Gasteiger charge is -2.32. The Kier molecular flexibility index (Phi) is 3.74. The minimum Gasteiger partial charge on any atom is -0.481 e. The third kappa shape index (κ3) is 2.44. The molecule has 0 saturated carbocycles. The number of likely N-dealkylation sites (tertiary alicyclic amines) is 1. The standard InChI is InChI=1S/C14H22N4O2/c1-2-17-6-3-4-11(9-17)13-16-15-12-8-10(14(19)20)5-7-18(12)13/h10-11H,2-9H2,1H3,(H,19,20). The van der Waals surface area contributed by atoms with Gasteiger partial charge in [-0.15, -0.1) is 10.2 Å². The first-order valence-corrected chi connectivity index (χ1v) is 7.56. The van der Waals surface area contributed by atoms with Gasteiger partial charge in [0.2, 0.25) is 0 Å². The lowest BCUT2D eigenvalue weighted by Crippen LogP contribution is -2.35. The van der Waals surface area contributed by atoms with Crippen LogP contribution in [0.25, 0.3) is 0 Å². The van der Waals surface area contributed by atoms with E-state index in [0.717, 1.165) is 37.7 Å². The van der Waals surface area contributed by atoms with Gasteiger partial charge in [-0.05, 0) is 32.4 Å². The number of hydrogen-bond acceptors (Lipinski definition) is 4. The predicted molar refractivity (Wildman–Crippen MR) is 73.6 cm³/mol. The van der Waals surface area contributed by atoms with Crippen LogP contribution in [-0.4, -0.2) is 50.4 Å². The zero-order chi connectivity index (χ0) is 14.1. The molecule has 0 aliphatic carbocycles. The van der Waals surface area contributed by atoms with Crippen LogP contribution in [0.4, 0.5) is 0 Å². The van der Waals surface area contributed by atoms with Crippen LogP contribution in [0.3, 0.4) is 0 Å². The molecule has 2 aliphatic rings. The zero-order valence-corrected chi connectivity index (χ0v) is 12.0. The van der Waals surface area contributed by atoms with Gasteiger partial charge in [-0.25, -0.2) is 0 Å². The maximum Gasteiger partial charge on any atom is 0.307 e. The first-order chi connectivity index (χ1) is 9.69. The summed E-state index contributed by atoms with van der Waals surface area (Å²) >= 11 is 0. The summed E-state index contributed by atoms with van der Waals surface area (Å²) in [6.45, 7) is 6.25. The van der Waals surface area contributed by atoms with Crippen molar-refractivity contribution in [1.29, 1.82) is 0 Å². The minimum absolute atomic E-state index is 0.293. The molecule has 0 radical (unpaired) electrons. The Morgan fingerprint density at radius 1 is 1.35 bits per heavy atom. The van der Waals surface area contributed by atoms with Crippen molar-refractivity contribution in [2.75, 3.05) is 19.6 Å². The highest BCUT2D eigenvalue weighted by Gasteiger charge is 2.31. The third-order valence-corrected chi connectivity index (χ3v) is 4.65. The van der Waals surface area contributed by atoms with Crippen LogP contribution >= 0.6 is 0 Å². The Balaban J connectivity index is 1.78. The van der Waals surface area contributed by atoms with E-state index >= 15 is 0 Å². The van der Waals surface area contributed by atoms with Crippen molar-refractivity contribution in [3.8, 4) is 0 Å². The monoisotopic (exact) mass is 278 g/mol. The number of hydrogen-bond donors (Lipinski definition) is 1. The molecule has 3 heterocycles. The van der Waals surface area contributed by atoms with Crippen LogP contribution in [-0.2, 0) is 17.8 Å². The molecule has 2 unspecified atom stereocenters. The topological polar surface area (TPSA) is 71.2 Å². The average Bonchev–Trinajstić information content (AvgIpc) is 2.90. The molecule has 1 aromatic heterocycles. The SMILES string of the molecule is CCN1CCCC(c2nnc3n2CCC(C(=O)O)C3)C1. The molecule has 0 bridgehead atoms. The van der Waals surface area contributed by atoms with Gasteiger partial charge in [-0.2, -0.15) is 0 Å². The summed E-state index contributed by atoms with van der Waals surface area (Å²) < 4.78 is 2.17. The van der Waals surface area contributed by atoms with Crippen LogP contribution in [0, 0.1) is 5.92 Å². The number of aliphatic carboxylic acids is 1. The van der Waals surface area contributed by atoms with Crippen LogP contribution in [0.2, 0.25) is 0 Å². The van der Waals surface area contributed by atoms with Crippen molar-refractivity contribution in [2.24, 2.45) is 5.92 Å². The van der Waals surface area contributed by atoms with Gasteiger partial charge < -0.3 is 14.6 Å². The third-order valence-electron chi connectivity index (χ3n) is 4.65. The number of carboxylic acids is 1. The van der Waals surface area contributed by atoms with Crippen molar-refractivity contribution in [3.05, 3.63) is 11.6 Å². The van der Waals surface area contributed by atoms with Gasteiger partial charge in [0, 0.05) is 25.4 Å². The van der Waals surface area contributed by atoms with E-state index in [2.05, 4.69) is 26.6 Å². The molecule has 0 aromatic carbocycles. The van der Waals surface area contributed by atoms with Gasteiger partial charge in [-0.1, -0.05) is 6.92 Å². The van der Waals surface area contributed by atoms with Crippen molar-refractivity contribution in [3.63, 3.8) is 0 Å². The Morgan fingerprint density at radius 2 is 2.20 bits per heavy atom. The summed E-state index contributed by atoms with van der Waals surface area (Å²) in [6, 6.07) is 0. The molecule has 1 N–H and O–H groups in total. The maximum atomic E-state index is 11.1. The molecule has 2 aliphatic heterocycles. The van der Waals surface area contributed by atoms with E-state index < -0.39 is 5.97 Å². The fraction of sp³-hybridized carbons (Fsp3) is 0.786. The first-order valence-electron chi connectivity index (χ1n) is 7.56. The molecular weight excluding hydrogens is 256 g/mol. The largest absolute Gasteiger partial charge is 0.481 e. The first kappa shape index (κ1) is 13.5. The molecule has 6 heteroatoms. The molecule has 6 nitrogen and oxygen atoms in total. The summed E-state index contributed by atoms with van der Waals surface area (Å²) in [5, 5.41) is 17.7. The smallest absolute Gasteiger partial charge is 0.307 e. The van der Waals surface area contributed by atoms with Crippen LogP contribution in [0.5, 0.6) is 0 Å². The predicted octanol–water partition coefficient (Wildman–Crippen LogP) is 1.12. The number of carboxylic acid groups (broad SMARTS) is 1. The minimum atomic E-state index is -0.712. The zero-order valence-electron chi connectivity index (χ0n) is 12.0. The Hall–Kier alpha value is -1.43. The molecule has 3 rings (SSSR count).